The minimum Gasteiger partial charge on any atom is -0.397 e. The number of nitrogen functional groups attached to an aromatic ring is 1. The van der Waals surface area contributed by atoms with Crippen LogP contribution in [0.3, 0.4) is 0 Å². The number of nitrogens with zero attached hydrogens (tertiary/aromatic N) is 1. The maximum atomic E-state index is 13.2. The summed E-state index contributed by atoms with van der Waals surface area (Å²) in [6.45, 7) is 1.12. The fourth-order valence-corrected chi connectivity index (χ4v) is 1.89. The van der Waals surface area contributed by atoms with Crippen molar-refractivity contribution in [3.05, 3.63) is 24.0 Å². The van der Waals surface area contributed by atoms with E-state index in [0.717, 1.165) is 0 Å². The Morgan fingerprint density at radius 1 is 1.53 bits per heavy atom. The SMILES string of the molecule is NC(=O)C1COCCN1c1cc(F)ccc1N. The van der Waals surface area contributed by atoms with Gasteiger partial charge in [-0.3, -0.25) is 4.79 Å². The van der Waals surface area contributed by atoms with Crippen molar-refractivity contribution in [3.63, 3.8) is 0 Å². The van der Waals surface area contributed by atoms with E-state index in [0.29, 0.717) is 24.5 Å². The average molecular weight is 239 g/mol. The number of ether oxygens (including phenoxy) is 1. The zero-order valence-corrected chi connectivity index (χ0v) is 9.23. The molecule has 1 heterocycles. The predicted octanol–water partition coefficient (Wildman–Crippen LogP) is 0.0984. The molecule has 0 spiro atoms. The number of hydrogen-bond donors (Lipinski definition) is 2. The number of anilines is 2. The van der Waals surface area contributed by atoms with Gasteiger partial charge in [-0.25, -0.2) is 4.39 Å². The number of amides is 1. The second-order valence-corrected chi connectivity index (χ2v) is 3.89. The molecule has 1 aromatic rings. The lowest BCUT2D eigenvalue weighted by Gasteiger charge is -2.36. The highest BCUT2D eigenvalue weighted by Crippen LogP contribution is 2.27. The van der Waals surface area contributed by atoms with E-state index >= 15 is 0 Å². The predicted molar refractivity (Wildman–Crippen MR) is 62.0 cm³/mol. The average Bonchev–Trinajstić information content (AvgIpc) is 2.32. The van der Waals surface area contributed by atoms with E-state index in [-0.39, 0.29) is 6.61 Å². The first-order valence-corrected chi connectivity index (χ1v) is 5.28. The zero-order valence-electron chi connectivity index (χ0n) is 9.23. The van der Waals surface area contributed by atoms with Crippen molar-refractivity contribution >= 4 is 17.3 Å². The Bertz CT molecular complexity index is 439. The topological polar surface area (TPSA) is 81.6 Å². The maximum absolute atomic E-state index is 13.2. The molecule has 17 heavy (non-hydrogen) atoms. The summed E-state index contributed by atoms with van der Waals surface area (Å²) >= 11 is 0. The van der Waals surface area contributed by atoms with Crippen molar-refractivity contribution in [3.8, 4) is 0 Å². The Kier molecular flexibility index (Phi) is 3.14. The van der Waals surface area contributed by atoms with Gasteiger partial charge in [0.15, 0.2) is 0 Å². The number of rotatable bonds is 2. The summed E-state index contributed by atoms with van der Waals surface area (Å²) < 4.78 is 18.4. The van der Waals surface area contributed by atoms with Gasteiger partial charge in [0.25, 0.3) is 0 Å². The normalized spacial score (nSPS) is 20.3. The van der Waals surface area contributed by atoms with Crippen molar-refractivity contribution in [2.24, 2.45) is 5.73 Å². The van der Waals surface area contributed by atoms with E-state index in [2.05, 4.69) is 0 Å². The molecule has 0 saturated carbocycles. The van der Waals surface area contributed by atoms with E-state index in [4.69, 9.17) is 16.2 Å². The van der Waals surface area contributed by atoms with Crippen LogP contribution in [-0.2, 0) is 9.53 Å². The van der Waals surface area contributed by atoms with Crippen molar-refractivity contribution in [1.29, 1.82) is 0 Å². The Labute approximate surface area is 98.1 Å². The number of carbonyl (C=O) groups is 1. The Balaban J connectivity index is 2.35. The van der Waals surface area contributed by atoms with Crippen LogP contribution in [0.1, 0.15) is 0 Å². The number of halogens is 1. The van der Waals surface area contributed by atoms with E-state index in [1.807, 2.05) is 0 Å². The molecule has 92 valence electrons. The zero-order chi connectivity index (χ0) is 12.4. The molecular weight excluding hydrogens is 225 g/mol. The standard InChI is InChI=1S/C11H14FN3O2/c12-7-1-2-8(13)9(5-7)15-3-4-17-6-10(15)11(14)16/h1-2,5,10H,3-4,6,13H2,(H2,14,16). The van der Waals surface area contributed by atoms with Crippen LogP contribution in [0.25, 0.3) is 0 Å². The van der Waals surface area contributed by atoms with Gasteiger partial charge in [-0.1, -0.05) is 0 Å². The Morgan fingerprint density at radius 3 is 3.00 bits per heavy atom. The van der Waals surface area contributed by atoms with Crippen LogP contribution in [-0.4, -0.2) is 31.7 Å². The summed E-state index contributed by atoms with van der Waals surface area (Å²) in [5, 5.41) is 0. The van der Waals surface area contributed by atoms with Crippen LogP contribution >= 0.6 is 0 Å². The van der Waals surface area contributed by atoms with E-state index in [9.17, 15) is 9.18 Å². The molecule has 1 atom stereocenters. The molecule has 0 aliphatic carbocycles. The van der Waals surface area contributed by atoms with Crippen LogP contribution < -0.4 is 16.4 Å². The van der Waals surface area contributed by atoms with Crippen molar-refractivity contribution < 1.29 is 13.9 Å². The molecule has 1 amide bonds. The Hall–Kier alpha value is -1.82. The van der Waals surface area contributed by atoms with Crippen LogP contribution in [0.4, 0.5) is 15.8 Å². The van der Waals surface area contributed by atoms with E-state index in [1.165, 1.54) is 18.2 Å². The number of hydrogen-bond acceptors (Lipinski definition) is 4. The number of benzene rings is 1. The number of nitrogens with two attached hydrogens (primary N) is 2. The molecule has 6 heteroatoms. The van der Waals surface area contributed by atoms with Gasteiger partial charge >= 0.3 is 0 Å². The molecule has 1 unspecified atom stereocenters. The number of carbonyl (C=O) groups excluding carboxylic acids is 1. The third-order valence-corrected chi connectivity index (χ3v) is 2.76. The van der Waals surface area contributed by atoms with Crippen LogP contribution in [0, 0.1) is 5.82 Å². The van der Waals surface area contributed by atoms with Crippen molar-refractivity contribution in [2.75, 3.05) is 30.4 Å². The molecule has 0 radical (unpaired) electrons. The summed E-state index contributed by atoms with van der Waals surface area (Å²) in [6, 6.07) is 3.45. The highest BCUT2D eigenvalue weighted by molar-refractivity contribution is 5.85. The maximum Gasteiger partial charge on any atom is 0.242 e. The van der Waals surface area contributed by atoms with E-state index in [1.54, 1.807) is 4.90 Å². The van der Waals surface area contributed by atoms with Crippen LogP contribution in [0.15, 0.2) is 18.2 Å². The first-order chi connectivity index (χ1) is 8.09. The second kappa shape index (κ2) is 4.58. The lowest BCUT2D eigenvalue weighted by Crippen LogP contribution is -2.52. The first kappa shape index (κ1) is 11.7. The Morgan fingerprint density at radius 2 is 2.29 bits per heavy atom. The minimum atomic E-state index is -0.604. The quantitative estimate of drug-likeness (QED) is 0.717. The summed E-state index contributed by atoms with van der Waals surface area (Å²) in [7, 11) is 0. The summed E-state index contributed by atoms with van der Waals surface area (Å²) in [4.78, 5) is 13.0. The second-order valence-electron chi connectivity index (χ2n) is 3.89. The summed E-state index contributed by atoms with van der Waals surface area (Å²) in [5.74, 6) is -0.905. The molecule has 0 bridgehead atoms. The van der Waals surface area contributed by atoms with Crippen molar-refractivity contribution in [1.82, 2.24) is 0 Å². The molecule has 5 nitrogen and oxygen atoms in total. The smallest absolute Gasteiger partial charge is 0.242 e. The van der Waals surface area contributed by atoms with E-state index < -0.39 is 17.8 Å². The molecular formula is C11H14FN3O2. The van der Waals surface area contributed by atoms with Gasteiger partial charge in [-0.05, 0) is 18.2 Å². The summed E-state index contributed by atoms with van der Waals surface area (Å²) in [6.07, 6.45) is 0. The fourth-order valence-electron chi connectivity index (χ4n) is 1.89. The van der Waals surface area contributed by atoms with Gasteiger partial charge < -0.3 is 21.1 Å². The van der Waals surface area contributed by atoms with Gasteiger partial charge in [0.05, 0.1) is 24.6 Å². The molecule has 1 fully saturated rings. The third kappa shape index (κ3) is 2.31. The third-order valence-electron chi connectivity index (χ3n) is 2.76. The number of morpholine rings is 1. The highest BCUT2D eigenvalue weighted by atomic mass is 19.1. The molecule has 2 rings (SSSR count). The molecule has 1 aliphatic rings. The van der Waals surface area contributed by atoms with Crippen LogP contribution in [0.2, 0.25) is 0 Å². The minimum absolute atomic E-state index is 0.200. The largest absolute Gasteiger partial charge is 0.397 e. The van der Waals surface area contributed by atoms with Gasteiger partial charge in [0.1, 0.15) is 11.9 Å². The van der Waals surface area contributed by atoms with Gasteiger partial charge in [-0.2, -0.15) is 0 Å². The van der Waals surface area contributed by atoms with Gasteiger partial charge in [-0.15, -0.1) is 0 Å². The first-order valence-electron chi connectivity index (χ1n) is 5.28. The monoisotopic (exact) mass is 239 g/mol. The molecule has 1 aliphatic heterocycles. The number of primary amides is 1. The fraction of sp³-hybridized carbons (Fsp3) is 0.364. The highest BCUT2D eigenvalue weighted by Gasteiger charge is 2.29. The van der Waals surface area contributed by atoms with Crippen LogP contribution in [0.5, 0.6) is 0 Å². The summed E-state index contributed by atoms with van der Waals surface area (Å²) in [5.41, 5.74) is 12.0. The molecule has 0 aromatic heterocycles. The van der Waals surface area contributed by atoms with Gasteiger partial charge in [0, 0.05) is 6.54 Å². The van der Waals surface area contributed by atoms with Crippen molar-refractivity contribution in [2.45, 2.75) is 6.04 Å². The molecule has 1 saturated heterocycles. The molecule has 4 N–H and O–H groups in total. The lowest BCUT2D eigenvalue weighted by atomic mass is 10.1. The molecule has 1 aromatic carbocycles. The van der Waals surface area contributed by atoms with Gasteiger partial charge in [0.2, 0.25) is 5.91 Å². The lowest BCUT2D eigenvalue weighted by molar-refractivity contribution is -0.121.